The molecule has 7 heteroatoms. The molecule has 0 aromatic carbocycles. The van der Waals surface area contributed by atoms with Gasteiger partial charge >= 0.3 is 12.4 Å². The first kappa shape index (κ1) is 15.5. The van der Waals surface area contributed by atoms with Crippen molar-refractivity contribution in [3.05, 3.63) is 24.3 Å². The maximum atomic E-state index is 14.5. The van der Waals surface area contributed by atoms with Crippen molar-refractivity contribution in [1.82, 2.24) is 0 Å². The molecule has 2 saturated heterocycles. The standard InChI is InChI=1S/C18H16F6S/c19-17(20,21)15-11-7-1-2-8(5-7)12(11)16(25-15,18(22,23)24)14-10-4-3-9(6-10)13(14)15/h1-4,7-14H,5-6H2. The third-order valence-electron chi connectivity index (χ3n) is 8.12. The Bertz CT molecular complexity index is 622. The second-order valence-corrected chi connectivity index (χ2v) is 10.2. The summed E-state index contributed by atoms with van der Waals surface area (Å²) in [5, 5.41) is 0. The summed E-state index contributed by atoms with van der Waals surface area (Å²) in [5.41, 5.74) is 0. The number of hydrogen-bond acceptors (Lipinski definition) is 1. The highest BCUT2D eigenvalue weighted by atomic mass is 32.2. The lowest BCUT2D eigenvalue weighted by Gasteiger charge is -2.51. The van der Waals surface area contributed by atoms with Crippen LogP contribution in [0.15, 0.2) is 24.3 Å². The van der Waals surface area contributed by atoms with Crippen LogP contribution in [0.25, 0.3) is 0 Å². The zero-order valence-electron chi connectivity index (χ0n) is 13.0. The summed E-state index contributed by atoms with van der Waals surface area (Å²) in [5.74, 6) is -5.05. The number of halogens is 6. The van der Waals surface area contributed by atoms with Gasteiger partial charge in [-0.15, -0.1) is 11.8 Å². The lowest BCUT2D eigenvalue weighted by molar-refractivity contribution is -0.235. The van der Waals surface area contributed by atoms with Crippen LogP contribution in [0.3, 0.4) is 0 Å². The fourth-order valence-electron chi connectivity index (χ4n) is 7.85. The van der Waals surface area contributed by atoms with Crippen molar-refractivity contribution >= 4 is 11.8 Å². The van der Waals surface area contributed by atoms with E-state index in [-0.39, 0.29) is 35.4 Å². The lowest BCUT2D eigenvalue weighted by Crippen LogP contribution is -2.62. The smallest absolute Gasteiger partial charge is 0.169 e. The lowest BCUT2D eigenvalue weighted by atomic mass is 9.52. The molecule has 0 radical (unpaired) electrons. The van der Waals surface area contributed by atoms with Crippen LogP contribution in [0, 0.1) is 47.3 Å². The van der Waals surface area contributed by atoms with E-state index in [4.69, 9.17) is 0 Å². The van der Waals surface area contributed by atoms with Gasteiger partial charge < -0.3 is 0 Å². The monoisotopic (exact) mass is 378 g/mol. The first-order valence-corrected chi connectivity index (χ1v) is 9.65. The fraction of sp³-hybridized carbons (Fsp3) is 0.778. The highest BCUT2D eigenvalue weighted by Crippen LogP contribution is 2.87. The molecule has 2 aliphatic heterocycles. The summed E-state index contributed by atoms with van der Waals surface area (Å²) in [4.78, 5) is 0. The summed E-state index contributed by atoms with van der Waals surface area (Å²) in [7, 11) is 0. The van der Waals surface area contributed by atoms with E-state index in [9.17, 15) is 26.3 Å². The van der Waals surface area contributed by atoms with Crippen molar-refractivity contribution < 1.29 is 26.3 Å². The molecular formula is C18H16F6S. The average Bonchev–Trinajstić information content (AvgIpc) is 3.28. The number of rotatable bonds is 0. The Kier molecular flexibility index (Phi) is 2.46. The van der Waals surface area contributed by atoms with Crippen LogP contribution < -0.4 is 0 Å². The van der Waals surface area contributed by atoms with Crippen molar-refractivity contribution in [1.29, 1.82) is 0 Å². The summed E-state index contributed by atoms with van der Waals surface area (Å²) < 4.78 is 82.5. The Morgan fingerprint density at radius 3 is 1.12 bits per heavy atom. The van der Waals surface area contributed by atoms with Gasteiger partial charge in [0.2, 0.25) is 0 Å². The van der Waals surface area contributed by atoms with Crippen molar-refractivity contribution in [2.45, 2.75) is 34.7 Å². The average molecular weight is 378 g/mol. The quantitative estimate of drug-likeness (QED) is 0.411. The minimum atomic E-state index is -4.61. The van der Waals surface area contributed by atoms with Crippen LogP contribution in [-0.4, -0.2) is 21.8 Å². The van der Waals surface area contributed by atoms with Crippen LogP contribution in [0.2, 0.25) is 0 Å². The molecule has 8 atom stereocenters. The second-order valence-electron chi connectivity index (χ2n) is 8.68. The minimum Gasteiger partial charge on any atom is -0.169 e. The number of allylic oxidation sites excluding steroid dienone is 4. The van der Waals surface area contributed by atoms with Gasteiger partial charge in [-0.1, -0.05) is 24.3 Å². The third-order valence-corrected chi connectivity index (χ3v) is 10.4. The van der Waals surface area contributed by atoms with Crippen LogP contribution in [-0.2, 0) is 0 Å². The van der Waals surface area contributed by atoms with Gasteiger partial charge in [-0.3, -0.25) is 0 Å². The maximum Gasteiger partial charge on any atom is 0.403 e. The Hall–Kier alpha value is -0.590. The molecule has 6 bridgehead atoms. The van der Waals surface area contributed by atoms with Gasteiger partial charge in [-0.05, 0) is 60.2 Å². The third kappa shape index (κ3) is 1.34. The van der Waals surface area contributed by atoms with E-state index >= 15 is 0 Å². The highest BCUT2D eigenvalue weighted by Gasteiger charge is 2.92. The largest absolute Gasteiger partial charge is 0.403 e. The SMILES string of the molecule is FC(F)(F)C12SC(C(F)(F)F)(C3C4C=CC(C4)C31)C1C3C=CC(C3)C12. The van der Waals surface area contributed by atoms with Crippen molar-refractivity contribution in [2.24, 2.45) is 47.3 Å². The van der Waals surface area contributed by atoms with Crippen LogP contribution in [0.5, 0.6) is 0 Å². The molecular weight excluding hydrogens is 362 g/mol. The molecule has 2 heterocycles. The topological polar surface area (TPSA) is 0 Å². The molecule has 0 spiro atoms. The Balaban J connectivity index is 1.66. The molecule has 6 rings (SSSR count). The zero-order chi connectivity index (χ0) is 17.6. The summed E-state index contributed by atoms with van der Waals surface area (Å²) in [6, 6.07) is 0. The molecule has 8 unspecified atom stereocenters. The molecule has 2 saturated carbocycles. The summed E-state index contributed by atoms with van der Waals surface area (Å²) in [6.07, 6.45) is -1.22. The van der Waals surface area contributed by atoms with Gasteiger partial charge in [0, 0.05) is 0 Å². The molecule has 25 heavy (non-hydrogen) atoms. The first-order chi connectivity index (χ1) is 11.6. The summed E-state index contributed by atoms with van der Waals surface area (Å²) in [6.45, 7) is 0. The molecule has 0 aromatic rings. The van der Waals surface area contributed by atoms with E-state index in [1.807, 2.05) is 0 Å². The van der Waals surface area contributed by atoms with Crippen LogP contribution in [0.4, 0.5) is 26.3 Å². The Labute approximate surface area is 145 Å². The number of hydrogen-bond donors (Lipinski definition) is 0. The van der Waals surface area contributed by atoms with Crippen molar-refractivity contribution in [3.8, 4) is 0 Å². The predicted molar refractivity (Wildman–Crippen MR) is 80.6 cm³/mol. The van der Waals surface area contributed by atoms with E-state index in [2.05, 4.69) is 0 Å². The normalized spacial score (nSPS) is 59.9. The fourth-order valence-corrected chi connectivity index (χ4v) is 10.5. The van der Waals surface area contributed by atoms with Gasteiger partial charge in [0.25, 0.3) is 0 Å². The van der Waals surface area contributed by atoms with Gasteiger partial charge in [0.05, 0.1) is 0 Å². The molecule has 0 N–H and O–H groups in total. The molecule has 136 valence electrons. The zero-order valence-corrected chi connectivity index (χ0v) is 13.8. The minimum absolute atomic E-state index is 0.289. The van der Waals surface area contributed by atoms with Crippen LogP contribution >= 0.6 is 11.8 Å². The van der Waals surface area contributed by atoms with Crippen molar-refractivity contribution in [2.75, 3.05) is 0 Å². The number of fused-ring (bicyclic) bond motifs is 16. The number of alkyl halides is 6. The number of thioether (sulfide) groups is 1. The van der Waals surface area contributed by atoms with E-state index in [0.29, 0.717) is 12.8 Å². The first-order valence-electron chi connectivity index (χ1n) is 8.83. The predicted octanol–water partition coefficient (Wildman–Crippen LogP) is 5.23. The summed E-state index contributed by atoms with van der Waals surface area (Å²) >= 11 is 0.289. The Morgan fingerprint density at radius 1 is 0.600 bits per heavy atom. The van der Waals surface area contributed by atoms with Gasteiger partial charge in [-0.25, -0.2) is 0 Å². The Morgan fingerprint density at radius 2 is 0.880 bits per heavy atom. The van der Waals surface area contributed by atoms with Gasteiger partial charge in [0.15, 0.2) is 0 Å². The van der Waals surface area contributed by atoms with E-state index in [1.54, 1.807) is 24.3 Å². The second kappa shape index (κ2) is 3.97. The maximum absolute atomic E-state index is 14.5. The molecule has 0 aromatic heterocycles. The molecule has 0 amide bonds. The van der Waals surface area contributed by atoms with Gasteiger partial charge in [-0.2, -0.15) is 26.3 Å². The van der Waals surface area contributed by atoms with E-state index in [1.165, 1.54) is 0 Å². The van der Waals surface area contributed by atoms with Gasteiger partial charge in [0.1, 0.15) is 9.49 Å². The molecule has 4 fully saturated rings. The highest BCUT2D eigenvalue weighted by molar-refractivity contribution is 8.02. The van der Waals surface area contributed by atoms with E-state index < -0.39 is 45.5 Å². The molecule has 0 nitrogen and oxygen atoms in total. The molecule has 6 aliphatic rings. The van der Waals surface area contributed by atoms with E-state index in [0.717, 1.165) is 0 Å². The van der Waals surface area contributed by atoms with Crippen LogP contribution in [0.1, 0.15) is 12.8 Å². The van der Waals surface area contributed by atoms with Crippen molar-refractivity contribution in [3.63, 3.8) is 0 Å². The molecule has 4 aliphatic carbocycles.